The highest BCUT2D eigenvalue weighted by Crippen LogP contribution is 2.12. The molecule has 1 unspecified atom stereocenters. The monoisotopic (exact) mass is 213 g/mol. The van der Waals surface area contributed by atoms with Gasteiger partial charge in [-0.2, -0.15) is 5.26 Å². The molecule has 4 heteroatoms. The molecule has 2 heterocycles. The summed E-state index contributed by atoms with van der Waals surface area (Å²) in [5.74, 6) is 0.631. The summed E-state index contributed by atoms with van der Waals surface area (Å²) in [6.07, 6.45) is 5.05. The van der Waals surface area contributed by atoms with E-state index in [9.17, 15) is 0 Å². The normalized spacial score (nSPS) is 11.9. The van der Waals surface area contributed by atoms with Gasteiger partial charge in [0.2, 0.25) is 0 Å². The Hall–Kier alpha value is -2.12. The van der Waals surface area contributed by atoms with Gasteiger partial charge in [-0.1, -0.05) is 6.07 Å². The Labute approximate surface area is 93.5 Å². The van der Waals surface area contributed by atoms with Crippen LogP contribution in [0.15, 0.2) is 47.3 Å². The van der Waals surface area contributed by atoms with Gasteiger partial charge >= 0.3 is 0 Å². The number of nitrogens with zero attached hydrogens (tertiary/aromatic N) is 2. The first kappa shape index (κ1) is 10.4. The molecule has 4 nitrogen and oxygen atoms in total. The summed E-state index contributed by atoms with van der Waals surface area (Å²) in [6, 6.07) is 9.10. The minimum absolute atomic E-state index is 0.421. The molecule has 0 saturated carbocycles. The third kappa shape index (κ3) is 2.47. The molecular formula is C12H11N3O. The zero-order valence-electron chi connectivity index (χ0n) is 8.63. The average molecular weight is 213 g/mol. The van der Waals surface area contributed by atoms with Crippen LogP contribution in [0.3, 0.4) is 0 Å². The number of aromatic nitrogens is 1. The van der Waals surface area contributed by atoms with E-state index >= 15 is 0 Å². The zero-order valence-corrected chi connectivity index (χ0v) is 8.63. The van der Waals surface area contributed by atoms with Crippen molar-refractivity contribution in [3.05, 3.63) is 54.2 Å². The summed E-state index contributed by atoms with van der Waals surface area (Å²) >= 11 is 0. The summed E-state index contributed by atoms with van der Waals surface area (Å²) in [7, 11) is 0. The Morgan fingerprint density at radius 1 is 1.44 bits per heavy atom. The van der Waals surface area contributed by atoms with Gasteiger partial charge in [-0.25, -0.2) is 0 Å². The van der Waals surface area contributed by atoms with Gasteiger partial charge in [-0.15, -0.1) is 0 Å². The first-order valence-corrected chi connectivity index (χ1v) is 4.95. The third-order valence-corrected chi connectivity index (χ3v) is 2.19. The Kier molecular flexibility index (Phi) is 3.31. The van der Waals surface area contributed by atoms with Gasteiger partial charge in [0.05, 0.1) is 12.3 Å². The van der Waals surface area contributed by atoms with Gasteiger partial charge in [0.15, 0.2) is 6.04 Å². The van der Waals surface area contributed by atoms with Crippen molar-refractivity contribution in [3.8, 4) is 6.07 Å². The summed E-state index contributed by atoms with van der Waals surface area (Å²) < 4.78 is 5.17. The van der Waals surface area contributed by atoms with Crippen LogP contribution in [0.5, 0.6) is 0 Å². The molecule has 2 aromatic rings. The lowest BCUT2D eigenvalue weighted by Gasteiger charge is -2.08. The fourth-order valence-electron chi connectivity index (χ4n) is 1.39. The summed E-state index contributed by atoms with van der Waals surface area (Å²) in [4.78, 5) is 4.00. The molecule has 1 N–H and O–H groups in total. The largest absolute Gasteiger partial charge is 0.467 e. The first-order chi connectivity index (χ1) is 7.90. The van der Waals surface area contributed by atoms with Crippen LogP contribution < -0.4 is 5.32 Å². The van der Waals surface area contributed by atoms with Gasteiger partial charge in [0, 0.05) is 18.9 Å². The highest BCUT2D eigenvalue weighted by Gasteiger charge is 2.11. The highest BCUT2D eigenvalue weighted by atomic mass is 16.3. The number of furan rings is 1. The topological polar surface area (TPSA) is 61.9 Å². The average Bonchev–Trinajstić information content (AvgIpc) is 2.85. The Morgan fingerprint density at radius 2 is 2.38 bits per heavy atom. The molecule has 2 rings (SSSR count). The maximum Gasteiger partial charge on any atom is 0.154 e. The molecule has 0 amide bonds. The van der Waals surface area contributed by atoms with Gasteiger partial charge < -0.3 is 4.42 Å². The smallest absolute Gasteiger partial charge is 0.154 e. The minimum atomic E-state index is -0.421. The second kappa shape index (κ2) is 5.10. The molecule has 0 aromatic carbocycles. The molecule has 0 aliphatic carbocycles. The second-order valence-corrected chi connectivity index (χ2v) is 3.32. The van der Waals surface area contributed by atoms with Crippen LogP contribution in [0.2, 0.25) is 0 Å². The SMILES string of the molecule is N#CC(NCc1cccnc1)c1ccco1. The molecule has 80 valence electrons. The van der Waals surface area contributed by atoms with E-state index in [0.717, 1.165) is 5.56 Å². The second-order valence-electron chi connectivity index (χ2n) is 3.32. The lowest BCUT2D eigenvalue weighted by molar-refractivity contribution is 0.457. The van der Waals surface area contributed by atoms with Crippen LogP contribution >= 0.6 is 0 Å². The minimum Gasteiger partial charge on any atom is -0.467 e. The Balaban J connectivity index is 1.97. The van der Waals surface area contributed by atoms with Crippen LogP contribution in [-0.4, -0.2) is 4.98 Å². The summed E-state index contributed by atoms with van der Waals surface area (Å²) in [6.45, 7) is 0.590. The first-order valence-electron chi connectivity index (χ1n) is 4.95. The summed E-state index contributed by atoms with van der Waals surface area (Å²) in [5.41, 5.74) is 1.04. The van der Waals surface area contributed by atoms with Crippen molar-refractivity contribution < 1.29 is 4.42 Å². The van der Waals surface area contributed by atoms with Gasteiger partial charge in [-0.3, -0.25) is 10.3 Å². The van der Waals surface area contributed by atoms with Crippen LogP contribution in [0.4, 0.5) is 0 Å². The standard InChI is InChI=1S/C12H11N3O/c13-7-11(12-4-2-6-16-12)15-9-10-3-1-5-14-8-10/h1-6,8,11,15H,9H2. The molecular weight excluding hydrogens is 202 g/mol. The van der Waals surface area contributed by atoms with E-state index in [1.54, 1.807) is 30.8 Å². The molecule has 1 atom stereocenters. The van der Waals surface area contributed by atoms with Gasteiger partial charge in [0.1, 0.15) is 5.76 Å². The van der Waals surface area contributed by atoms with E-state index in [1.165, 1.54) is 0 Å². The van der Waals surface area contributed by atoms with Crippen molar-refractivity contribution in [2.45, 2.75) is 12.6 Å². The number of nitrogens with one attached hydrogen (secondary N) is 1. The fraction of sp³-hybridized carbons (Fsp3) is 0.167. The van der Waals surface area contributed by atoms with E-state index in [2.05, 4.69) is 16.4 Å². The van der Waals surface area contributed by atoms with Crippen LogP contribution in [0.25, 0.3) is 0 Å². The molecule has 0 radical (unpaired) electrons. The third-order valence-electron chi connectivity index (χ3n) is 2.19. The molecule has 0 fully saturated rings. The number of hydrogen-bond acceptors (Lipinski definition) is 4. The van der Waals surface area contributed by atoms with Crippen LogP contribution in [-0.2, 0) is 6.54 Å². The fourth-order valence-corrected chi connectivity index (χ4v) is 1.39. The molecule has 0 spiro atoms. The Morgan fingerprint density at radius 3 is 3.00 bits per heavy atom. The molecule has 0 aliphatic heterocycles. The Bertz CT molecular complexity index is 459. The van der Waals surface area contributed by atoms with Crippen molar-refractivity contribution in [1.29, 1.82) is 5.26 Å². The van der Waals surface area contributed by atoms with Crippen molar-refractivity contribution in [1.82, 2.24) is 10.3 Å². The zero-order chi connectivity index (χ0) is 11.2. The molecule has 0 bridgehead atoms. The van der Waals surface area contributed by atoms with Crippen molar-refractivity contribution in [2.24, 2.45) is 0 Å². The number of hydrogen-bond donors (Lipinski definition) is 1. The molecule has 0 saturated heterocycles. The maximum atomic E-state index is 8.99. The van der Waals surface area contributed by atoms with Crippen LogP contribution in [0, 0.1) is 11.3 Å². The van der Waals surface area contributed by atoms with E-state index in [4.69, 9.17) is 9.68 Å². The van der Waals surface area contributed by atoms with Crippen molar-refractivity contribution in [2.75, 3.05) is 0 Å². The maximum absolute atomic E-state index is 8.99. The quantitative estimate of drug-likeness (QED) is 0.844. The number of pyridine rings is 1. The van der Waals surface area contributed by atoms with E-state index in [0.29, 0.717) is 12.3 Å². The van der Waals surface area contributed by atoms with Gasteiger partial charge in [-0.05, 0) is 23.8 Å². The molecule has 0 aliphatic rings. The lowest BCUT2D eigenvalue weighted by atomic mass is 10.2. The summed E-state index contributed by atoms with van der Waals surface area (Å²) in [5, 5.41) is 12.1. The number of rotatable bonds is 4. The highest BCUT2D eigenvalue weighted by molar-refractivity contribution is 5.14. The molecule has 16 heavy (non-hydrogen) atoms. The van der Waals surface area contributed by atoms with Crippen molar-refractivity contribution in [3.63, 3.8) is 0 Å². The predicted octanol–water partition coefficient (Wildman–Crippen LogP) is 2.03. The van der Waals surface area contributed by atoms with E-state index in [1.807, 2.05) is 12.1 Å². The molecule has 2 aromatic heterocycles. The number of nitriles is 1. The predicted molar refractivity (Wildman–Crippen MR) is 58.1 cm³/mol. The van der Waals surface area contributed by atoms with E-state index < -0.39 is 6.04 Å². The van der Waals surface area contributed by atoms with Gasteiger partial charge in [0.25, 0.3) is 0 Å². The lowest BCUT2D eigenvalue weighted by Crippen LogP contribution is -2.18. The van der Waals surface area contributed by atoms with E-state index in [-0.39, 0.29) is 0 Å². The van der Waals surface area contributed by atoms with Crippen LogP contribution in [0.1, 0.15) is 17.4 Å². The van der Waals surface area contributed by atoms with Crippen molar-refractivity contribution >= 4 is 0 Å².